The second-order valence-electron chi connectivity index (χ2n) is 7.35. The fourth-order valence-electron chi connectivity index (χ4n) is 4.38. The summed E-state index contributed by atoms with van der Waals surface area (Å²) in [6.45, 7) is 8.62. The van der Waals surface area contributed by atoms with Gasteiger partial charge in [0.05, 0.1) is 5.41 Å². The molecule has 26 heavy (non-hydrogen) atoms. The van der Waals surface area contributed by atoms with E-state index in [9.17, 15) is 4.79 Å². The molecule has 4 rings (SSSR count). The van der Waals surface area contributed by atoms with Crippen LogP contribution in [0.4, 0.5) is 5.95 Å². The molecule has 5 nitrogen and oxygen atoms in total. The number of hydrogen-bond donors (Lipinski definition) is 0. The minimum absolute atomic E-state index is 0.149. The predicted molar refractivity (Wildman–Crippen MR) is 102 cm³/mol. The molecule has 2 saturated heterocycles. The van der Waals surface area contributed by atoms with Gasteiger partial charge in [-0.1, -0.05) is 36.4 Å². The van der Waals surface area contributed by atoms with E-state index < -0.39 is 5.41 Å². The number of aromatic nitrogens is 2. The van der Waals surface area contributed by atoms with Crippen LogP contribution in [0.15, 0.2) is 55.4 Å². The SMILES string of the molecule is C=CCN1CC[C@@]2(CN(c3ncc(C)cn3)C[C@@H]2c2ccccc2)C1=O. The zero-order valence-electron chi connectivity index (χ0n) is 15.1. The summed E-state index contributed by atoms with van der Waals surface area (Å²) in [6, 6.07) is 10.4. The maximum atomic E-state index is 13.3. The zero-order valence-corrected chi connectivity index (χ0v) is 15.1. The Balaban J connectivity index is 1.71. The number of benzene rings is 1. The largest absolute Gasteiger partial charge is 0.339 e. The van der Waals surface area contributed by atoms with Crippen LogP contribution in [-0.4, -0.2) is 47.0 Å². The smallest absolute Gasteiger partial charge is 0.231 e. The Bertz CT molecular complexity index is 805. The number of carbonyl (C=O) groups excluding carboxylic acids is 1. The van der Waals surface area contributed by atoms with Crippen LogP contribution in [0, 0.1) is 12.3 Å². The van der Waals surface area contributed by atoms with E-state index in [1.165, 1.54) is 5.56 Å². The molecule has 2 aliphatic heterocycles. The van der Waals surface area contributed by atoms with Crippen LogP contribution >= 0.6 is 0 Å². The lowest BCUT2D eigenvalue weighted by Gasteiger charge is -2.28. The molecule has 0 N–H and O–H groups in total. The van der Waals surface area contributed by atoms with Gasteiger partial charge in [-0.3, -0.25) is 4.79 Å². The maximum Gasteiger partial charge on any atom is 0.231 e. The van der Waals surface area contributed by atoms with Crippen molar-refractivity contribution in [2.75, 3.05) is 31.1 Å². The van der Waals surface area contributed by atoms with E-state index in [-0.39, 0.29) is 11.8 Å². The first-order valence-corrected chi connectivity index (χ1v) is 9.13. The van der Waals surface area contributed by atoms with Crippen molar-refractivity contribution < 1.29 is 4.79 Å². The maximum absolute atomic E-state index is 13.3. The van der Waals surface area contributed by atoms with Gasteiger partial charge in [0.25, 0.3) is 0 Å². The summed E-state index contributed by atoms with van der Waals surface area (Å²) in [4.78, 5) is 26.4. The normalized spacial score (nSPS) is 25.3. The van der Waals surface area contributed by atoms with Crippen LogP contribution in [0.2, 0.25) is 0 Å². The highest BCUT2D eigenvalue weighted by molar-refractivity contribution is 5.88. The van der Waals surface area contributed by atoms with Gasteiger partial charge in [-0.25, -0.2) is 9.97 Å². The summed E-state index contributed by atoms with van der Waals surface area (Å²) in [5, 5.41) is 0. The van der Waals surface area contributed by atoms with Crippen molar-refractivity contribution in [2.45, 2.75) is 19.3 Å². The van der Waals surface area contributed by atoms with Crippen molar-refractivity contribution in [2.24, 2.45) is 5.41 Å². The standard InChI is InChI=1S/C21H24N4O/c1-3-10-24-11-9-21(19(24)26)15-25(20-22-12-16(2)13-23-20)14-18(21)17-7-5-4-6-8-17/h3-8,12-13,18H,1,9-11,14-15H2,2H3/t18-,21+/m1/s1. The van der Waals surface area contributed by atoms with Crippen LogP contribution in [-0.2, 0) is 4.79 Å². The first-order chi connectivity index (χ1) is 12.6. The predicted octanol–water partition coefficient (Wildman–Crippen LogP) is 2.79. The molecule has 2 atom stereocenters. The lowest BCUT2D eigenvalue weighted by molar-refractivity contribution is -0.135. The first-order valence-electron chi connectivity index (χ1n) is 9.13. The Hall–Kier alpha value is -2.69. The van der Waals surface area contributed by atoms with Crippen molar-refractivity contribution >= 4 is 11.9 Å². The fourth-order valence-corrected chi connectivity index (χ4v) is 4.38. The second-order valence-corrected chi connectivity index (χ2v) is 7.35. The van der Waals surface area contributed by atoms with Crippen molar-refractivity contribution in [3.05, 3.63) is 66.5 Å². The molecule has 0 bridgehead atoms. The van der Waals surface area contributed by atoms with Gasteiger partial charge in [0.1, 0.15) is 0 Å². The third-order valence-electron chi connectivity index (χ3n) is 5.69. The summed E-state index contributed by atoms with van der Waals surface area (Å²) in [6.07, 6.45) is 6.35. The van der Waals surface area contributed by atoms with Crippen molar-refractivity contribution in [1.82, 2.24) is 14.9 Å². The quantitative estimate of drug-likeness (QED) is 0.797. The van der Waals surface area contributed by atoms with Gasteiger partial charge in [0.15, 0.2) is 0 Å². The van der Waals surface area contributed by atoms with Gasteiger partial charge < -0.3 is 9.80 Å². The Morgan fingerprint density at radius 1 is 1.27 bits per heavy atom. The molecule has 1 amide bonds. The molecule has 1 spiro atoms. The number of carbonyl (C=O) groups is 1. The van der Waals surface area contributed by atoms with Gasteiger partial charge in [0.2, 0.25) is 11.9 Å². The van der Waals surface area contributed by atoms with Gasteiger partial charge in [-0.2, -0.15) is 0 Å². The highest BCUT2D eigenvalue weighted by Gasteiger charge is 2.57. The number of rotatable bonds is 4. The van der Waals surface area contributed by atoms with Gasteiger partial charge >= 0.3 is 0 Å². The average molecular weight is 348 g/mol. The summed E-state index contributed by atoms with van der Waals surface area (Å²) >= 11 is 0. The van der Waals surface area contributed by atoms with Crippen LogP contribution in [0.25, 0.3) is 0 Å². The number of amides is 1. The van der Waals surface area contributed by atoms with Gasteiger partial charge in [0, 0.05) is 44.5 Å². The third-order valence-corrected chi connectivity index (χ3v) is 5.69. The average Bonchev–Trinajstić information content (AvgIpc) is 3.20. The molecule has 0 radical (unpaired) electrons. The van der Waals surface area contributed by atoms with Crippen molar-refractivity contribution in [1.29, 1.82) is 0 Å². The molecule has 3 heterocycles. The van der Waals surface area contributed by atoms with Gasteiger partial charge in [-0.05, 0) is 24.5 Å². The molecule has 0 saturated carbocycles. The lowest BCUT2D eigenvalue weighted by atomic mass is 9.73. The number of nitrogens with zero attached hydrogens (tertiary/aromatic N) is 4. The van der Waals surface area contributed by atoms with E-state index in [1.54, 1.807) is 0 Å². The molecule has 2 aromatic rings. The van der Waals surface area contributed by atoms with E-state index >= 15 is 0 Å². The van der Waals surface area contributed by atoms with Crippen LogP contribution in [0.5, 0.6) is 0 Å². The molecular weight excluding hydrogens is 324 g/mol. The summed E-state index contributed by atoms with van der Waals surface area (Å²) in [5.41, 5.74) is 1.85. The van der Waals surface area contributed by atoms with Gasteiger partial charge in [-0.15, -0.1) is 6.58 Å². The molecule has 2 aliphatic rings. The molecule has 5 heteroatoms. The van der Waals surface area contributed by atoms with E-state index in [2.05, 4.69) is 45.7 Å². The van der Waals surface area contributed by atoms with E-state index in [4.69, 9.17) is 0 Å². The molecular formula is C21H24N4O. The molecule has 134 valence electrons. The van der Waals surface area contributed by atoms with Crippen molar-refractivity contribution in [3.8, 4) is 0 Å². The van der Waals surface area contributed by atoms with Crippen molar-refractivity contribution in [3.63, 3.8) is 0 Å². The molecule has 1 aromatic heterocycles. The van der Waals surface area contributed by atoms with Crippen LogP contribution < -0.4 is 4.90 Å². The molecule has 0 aliphatic carbocycles. The second kappa shape index (κ2) is 6.56. The monoisotopic (exact) mass is 348 g/mol. The Morgan fingerprint density at radius 2 is 2.00 bits per heavy atom. The Kier molecular flexibility index (Phi) is 4.23. The zero-order chi connectivity index (χ0) is 18.1. The minimum Gasteiger partial charge on any atom is -0.339 e. The molecule has 0 unspecified atom stereocenters. The highest BCUT2D eigenvalue weighted by Crippen LogP contribution is 2.50. The number of hydrogen-bond acceptors (Lipinski definition) is 4. The number of likely N-dealkylation sites (tertiary alicyclic amines) is 1. The lowest BCUT2D eigenvalue weighted by Crippen LogP contribution is -2.39. The summed E-state index contributed by atoms with van der Waals surface area (Å²) in [5.74, 6) is 1.10. The topological polar surface area (TPSA) is 49.3 Å². The van der Waals surface area contributed by atoms with Crippen LogP contribution in [0.1, 0.15) is 23.5 Å². The number of anilines is 1. The summed E-state index contributed by atoms with van der Waals surface area (Å²) < 4.78 is 0. The number of aryl methyl sites for hydroxylation is 1. The van der Waals surface area contributed by atoms with E-state index in [1.807, 2.05) is 36.4 Å². The fraction of sp³-hybridized carbons (Fsp3) is 0.381. The molecule has 2 fully saturated rings. The van der Waals surface area contributed by atoms with E-state index in [0.29, 0.717) is 19.0 Å². The Morgan fingerprint density at radius 3 is 2.69 bits per heavy atom. The van der Waals surface area contributed by atoms with Crippen LogP contribution in [0.3, 0.4) is 0 Å². The first kappa shape index (κ1) is 16.8. The van der Waals surface area contributed by atoms with E-state index in [0.717, 1.165) is 25.1 Å². The molecule has 1 aromatic carbocycles. The minimum atomic E-state index is -0.404. The third kappa shape index (κ3) is 2.68. The summed E-state index contributed by atoms with van der Waals surface area (Å²) in [7, 11) is 0. The Labute approximate surface area is 154 Å². The highest BCUT2D eigenvalue weighted by atomic mass is 16.2.